The maximum Gasteiger partial charge on any atom is 0.416 e. The molecule has 0 aromatic heterocycles. The van der Waals surface area contributed by atoms with E-state index in [4.69, 9.17) is 5.73 Å². The predicted octanol–water partition coefficient (Wildman–Crippen LogP) is 3.66. The summed E-state index contributed by atoms with van der Waals surface area (Å²) >= 11 is 0. The number of carbonyl (C=O) groups is 1. The summed E-state index contributed by atoms with van der Waals surface area (Å²) in [4.78, 5) is 12.1. The maximum absolute atomic E-state index is 12.8. The summed E-state index contributed by atoms with van der Waals surface area (Å²) in [7, 11) is 0. The Kier molecular flexibility index (Phi) is 3.48. The van der Waals surface area contributed by atoms with Crippen LogP contribution in [-0.4, -0.2) is 5.78 Å². The SMILES string of the molecule is Nc1ccc(C(F)(F)F)cc1C(=O)c1ccc(F)cc1. The summed E-state index contributed by atoms with van der Waals surface area (Å²) in [5.41, 5.74) is 4.32. The molecule has 0 fully saturated rings. The summed E-state index contributed by atoms with van der Waals surface area (Å²) in [6.45, 7) is 0. The Morgan fingerprint density at radius 3 is 2.15 bits per heavy atom. The van der Waals surface area contributed by atoms with E-state index >= 15 is 0 Å². The molecule has 0 aliphatic heterocycles. The van der Waals surface area contributed by atoms with E-state index in [1.807, 2.05) is 0 Å². The first-order valence-electron chi connectivity index (χ1n) is 5.56. The van der Waals surface area contributed by atoms with Crippen molar-refractivity contribution in [1.29, 1.82) is 0 Å². The van der Waals surface area contributed by atoms with Gasteiger partial charge in [0.2, 0.25) is 0 Å². The number of halogens is 4. The maximum atomic E-state index is 12.8. The van der Waals surface area contributed by atoms with E-state index in [9.17, 15) is 22.4 Å². The smallest absolute Gasteiger partial charge is 0.398 e. The Morgan fingerprint density at radius 1 is 1.00 bits per heavy atom. The van der Waals surface area contributed by atoms with Crippen molar-refractivity contribution in [3.63, 3.8) is 0 Å². The molecule has 0 aliphatic rings. The van der Waals surface area contributed by atoms with E-state index < -0.39 is 23.3 Å². The van der Waals surface area contributed by atoms with Gasteiger partial charge in [-0.15, -0.1) is 0 Å². The van der Waals surface area contributed by atoms with Gasteiger partial charge in [0.05, 0.1) is 5.56 Å². The van der Waals surface area contributed by atoms with Crippen molar-refractivity contribution < 1.29 is 22.4 Å². The molecule has 6 heteroatoms. The van der Waals surface area contributed by atoms with Crippen LogP contribution >= 0.6 is 0 Å². The third-order valence-corrected chi connectivity index (χ3v) is 2.73. The fraction of sp³-hybridized carbons (Fsp3) is 0.0714. The molecule has 0 aliphatic carbocycles. The molecule has 2 aromatic rings. The van der Waals surface area contributed by atoms with Crippen molar-refractivity contribution in [2.75, 3.05) is 5.73 Å². The van der Waals surface area contributed by atoms with Gasteiger partial charge < -0.3 is 5.73 Å². The summed E-state index contributed by atoms with van der Waals surface area (Å²) < 4.78 is 50.6. The molecule has 104 valence electrons. The van der Waals surface area contributed by atoms with E-state index in [0.717, 1.165) is 24.3 Å². The zero-order valence-corrected chi connectivity index (χ0v) is 10.0. The van der Waals surface area contributed by atoms with Crippen molar-refractivity contribution in [3.8, 4) is 0 Å². The Hall–Kier alpha value is -2.37. The largest absolute Gasteiger partial charge is 0.416 e. The number of anilines is 1. The highest BCUT2D eigenvalue weighted by Gasteiger charge is 2.31. The van der Waals surface area contributed by atoms with Gasteiger partial charge in [-0.05, 0) is 42.5 Å². The number of carbonyl (C=O) groups excluding carboxylic acids is 1. The molecule has 0 atom stereocenters. The lowest BCUT2D eigenvalue weighted by Crippen LogP contribution is -2.10. The molecule has 2 aromatic carbocycles. The number of nitrogens with two attached hydrogens (primary N) is 1. The average molecular weight is 283 g/mol. The Morgan fingerprint density at radius 2 is 1.60 bits per heavy atom. The van der Waals surface area contributed by atoms with E-state index in [1.54, 1.807) is 0 Å². The Labute approximate surface area is 111 Å². The van der Waals surface area contributed by atoms with E-state index in [-0.39, 0.29) is 16.8 Å². The van der Waals surface area contributed by atoms with Crippen molar-refractivity contribution in [2.45, 2.75) is 6.18 Å². The fourth-order valence-electron chi connectivity index (χ4n) is 1.69. The molecule has 0 amide bonds. The van der Waals surface area contributed by atoms with Crippen LogP contribution in [0.15, 0.2) is 42.5 Å². The summed E-state index contributed by atoms with van der Waals surface area (Å²) in [5, 5.41) is 0. The second-order valence-electron chi connectivity index (χ2n) is 4.14. The third-order valence-electron chi connectivity index (χ3n) is 2.73. The second kappa shape index (κ2) is 4.96. The van der Waals surface area contributed by atoms with Gasteiger partial charge >= 0.3 is 6.18 Å². The molecule has 0 spiro atoms. The van der Waals surface area contributed by atoms with E-state index in [0.29, 0.717) is 6.07 Å². The zero-order chi connectivity index (χ0) is 14.9. The van der Waals surface area contributed by atoms with Crippen LogP contribution < -0.4 is 5.73 Å². The lowest BCUT2D eigenvalue weighted by Gasteiger charge is -2.10. The number of nitrogen functional groups attached to an aromatic ring is 1. The second-order valence-corrected chi connectivity index (χ2v) is 4.14. The van der Waals surface area contributed by atoms with Gasteiger partial charge in [0, 0.05) is 16.8 Å². The first kappa shape index (κ1) is 14.0. The molecule has 20 heavy (non-hydrogen) atoms. The van der Waals surface area contributed by atoms with E-state index in [2.05, 4.69) is 0 Å². The fourth-order valence-corrected chi connectivity index (χ4v) is 1.69. The number of ketones is 1. The van der Waals surface area contributed by atoms with E-state index in [1.165, 1.54) is 12.1 Å². The highest BCUT2D eigenvalue weighted by atomic mass is 19.4. The molecule has 2 rings (SSSR count). The van der Waals surface area contributed by atoms with Crippen LogP contribution in [0.4, 0.5) is 23.2 Å². The van der Waals surface area contributed by atoms with Gasteiger partial charge in [0.25, 0.3) is 0 Å². The van der Waals surface area contributed by atoms with Gasteiger partial charge in [0.1, 0.15) is 5.82 Å². The predicted molar refractivity (Wildman–Crippen MR) is 65.7 cm³/mol. The monoisotopic (exact) mass is 283 g/mol. The van der Waals surface area contributed by atoms with Crippen LogP contribution in [0.5, 0.6) is 0 Å². The molecule has 0 saturated heterocycles. The number of alkyl halides is 3. The highest BCUT2D eigenvalue weighted by Crippen LogP contribution is 2.31. The minimum absolute atomic E-state index is 0.0627. The molecular formula is C14H9F4NO. The van der Waals surface area contributed by atoms with Crippen LogP contribution in [0, 0.1) is 5.82 Å². The Bertz CT molecular complexity index is 647. The van der Waals surface area contributed by atoms with Crippen LogP contribution in [0.25, 0.3) is 0 Å². The van der Waals surface area contributed by atoms with Crippen molar-refractivity contribution in [2.24, 2.45) is 0 Å². The summed E-state index contributed by atoms with van der Waals surface area (Å²) in [6, 6.07) is 7.01. The Balaban J connectivity index is 2.46. The molecule has 2 N–H and O–H groups in total. The van der Waals surface area contributed by atoms with Crippen molar-refractivity contribution in [3.05, 3.63) is 65.0 Å². The number of hydrogen-bond acceptors (Lipinski definition) is 2. The van der Waals surface area contributed by atoms with Gasteiger partial charge in [-0.1, -0.05) is 0 Å². The molecular weight excluding hydrogens is 274 g/mol. The molecule has 2 nitrogen and oxygen atoms in total. The standard InChI is InChI=1S/C14H9F4NO/c15-10-4-1-8(2-5-10)13(20)11-7-9(14(16,17)18)3-6-12(11)19/h1-7H,19H2. The van der Waals surface area contributed by atoms with Gasteiger partial charge in [-0.3, -0.25) is 4.79 Å². The topological polar surface area (TPSA) is 43.1 Å². The number of benzene rings is 2. The van der Waals surface area contributed by atoms with Crippen LogP contribution in [0.3, 0.4) is 0 Å². The van der Waals surface area contributed by atoms with Gasteiger partial charge in [-0.25, -0.2) is 4.39 Å². The van der Waals surface area contributed by atoms with Gasteiger partial charge in [0.15, 0.2) is 5.78 Å². The first-order valence-corrected chi connectivity index (χ1v) is 5.56. The van der Waals surface area contributed by atoms with Crippen LogP contribution in [-0.2, 0) is 6.18 Å². The minimum atomic E-state index is -4.56. The third kappa shape index (κ3) is 2.79. The van der Waals surface area contributed by atoms with Crippen molar-refractivity contribution >= 4 is 11.5 Å². The minimum Gasteiger partial charge on any atom is -0.398 e. The number of hydrogen-bond donors (Lipinski definition) is 1. The summed E-state index contributed by atoms with van der Waals surface area (Å²) in [6.07, 6.45) is -4.56. The molecule has 0 bridgehead atoms. The normalized spacial score (nSPS) is 11.4. The van der Waals surface area contributed by atoms with Crippen molar-refractivity contribution in [1.82, 2.24) is 0 Å². The van der Waals surface area contributed by atoms with Gasteiger partial charge in [-0.2, -0.15) is 13.2 Å². The zero-order valence-electron chi connectivity index (χ0n) is 10.0. The molecule has 0 unspecified atom stereocenters. The highest BCUT2D eigenvalue weighted by molar-refractivity contribution is 6.12. The average Bonchev–Trinajstić information content (AvgIpc) is 2.38. The molecule has 0 heterocycles. The summed E-state index contributed by atoms with van der Waals surface area (Å²) in [5.74, 6) is -1.23. The lowest BCUT2D eigenvalue weighted by atomic mass is 9.99. The number of rotatable bonds is 2. The first-order chi connectivity index (χ1) is 9.29. The van der Waals surface area contributed by atoms with Crippen LogP contribution in [0.1, 0.15) is 21.5 Å². The lowest BCUT2D eigenvalue weighted by molar-refractivity contribution is -0.137. The quantitative estimate of drug-likeness (QED) is 0.519. The molecule has 0 saturated carbocycles. The molecule has 0 radical (unpaired) electrons. The van der Waals surface area contributed by atoms with Crippen LogP contribution in [0.2, 0.25) is 0 Å².